The summed E-state index contributed by atoms with van der Waals surface area (Å²) in [5, 5.41) is 3.08. The van der Waals surface area contributed by atoms with Gasteiger partial charge in [-0.2, -0.15) is 0 Å². The predicted octanol–water partition coefficient (Wildman–Crippen LogP) is 1.38. The number of thioether (sulfide) groups is 1. The van der Waals surface area contributed by atoms with Crippen LogP contribution >= 0.6 is 11.8 Å². The van der Waals surface area contributed by atoms with Crippen molar-refractivity contribution in [3.8, 4) is 11.5 Å². The maximum Gasteiger partial charge on any atom is 0.332 e. The molecule has 3 rings (SSSR count). The van der Waals surface area contributed by atoms with Crippen molar-refractivity contribution in [2.75, 3.05) is 25.3 Å². The molecule has 0 saturated heterocycles. The highest BCUT2D eigenvalue weighted by atomic mass is 32.2. The van der Waals surface area contributed by atoms with E-state index >= 15 is 0 Å². The van der Waals surface area contributed by atoms with Crippen molar-refractivity contribution in [1.82, 2.24) is 14.1 Å². The quantitative estimate of drug-likeness (QED) is 0.605. The van der Waals surface area contributed by atoms with Crippen molar-refractivity contribution in [3.05, 3.63) is 51.3 Å². The molecular weight excluding hydrogens is 396 g/mol. The molecule has 29 heavy (non-hydrogen) atoms. The third kappa shape index (κ3) is 3.97. The Kier molecular flexibility index (Phi) is 5.92. The number of hydrogen-bond donors (Lipinski definition) is 1. The van der Waals surface area contributed by atoms with E-state index < -0.39 is 11.2 Å². The summed E-state index contributed by atoms with van der Waals surface area (Å²) < 4.78 is 12.8. The highest BCUT2D eigenvalue weighted by Gasteiger charge is 2.15. The molecule has 1 amide bonds. The number of methoxy groups -OCH3 is 2. The zero-order valence-corrected chi connectivity index (χ0v) is 17.2. The maximum atomic E-state index is 12.6. The number of carbonyl (C=O) groups excluding carboxylic acids is 1. The molecule has 2 aromatic heterocycles. The van der Waals surface area contributed by atoms with E-state index in [9.17, 15) is 14.4 Å². The Balaban J connectivity index is 1.86. The first-order valence-electron chi connectivity index (χ1n) is 8.56. The third-order valence-electron chi connectivity index (χ3n) is 4.34. The Morgan fingerprint density at radius 3 is 2.59 bits per heavy atom. The Bertz CT molecular complexity index is 1200. The van der Waals surface area contributed by atoms with Gasteiger partial charge in [0.2, 0.25) is 5.91 Å². The van der Waals surface area contributed by atoms with Gasteiger partial charge in [0.25, 0.3) is 5.56 Å². The van der Waals surface area contributed by atoms with Crippen LogP contribution in [0.3, 0.4) is 0 Å². The topological polar surface area (TPSA) is 104 Å². The van der Waals surface area contributed by atoms with E-state index in [4.69, 9.17) is 9.47 Å². The van der Waals surface area contributed by atoms with E-state index in [2.05, 4.69) is 10.3 Å². The number of aromatic nitrogens is 3. The van der Waals surface area contributed by atoms with Crippen LogP contribution in [0.25, 0.3) is 11.0 Å². The summed E-state index contributed by atoms with van der Waals surface area (Å²) in [5.74, 6) is 0.847. The summed E-state index contributed by atoms with van der Waals surface area (Å²) in [7, 11) is 6.00. The molecule has 0 fully saturated rings. The number of nitrogens with zero attached hydrogens (tertiary/aromatic N) is 3. The first-order valence-corrected chi connectivity index (χ1v) is 9.55. The Morgan fingerprint density at radius 2 is 1.90 bits per heavy atom. The van der Waals surface area contributed by atoms with E-state index in [1.54, 1.807) is 31.3 Å². The van der Waals surface area contributed by atoms with Crippen LogP contribution in [0.1, 0.15) is 0 Å². The monoisotopic (exact) mass is 416 g/mol. The van der Waals surface area contributed by atoms with Crippen molar-refractivity contribution in [1.29, 1.82) is 0 Å². The van der Waals surface area contributed by atoms with Crippen molar-refractivity contribution in [2.24, 2.45) is 14.1 Å². The van der Waals surface area contributed by atoms with Crippen LogP contribution in [0.5, 0.6) is 11.5 Å². The molecule has 10 heteroatoms. The third-order valence-corrected chi connectivity index (χ3v) is 5.40. The highest BCUT2D eigenvalue weighted by Crippen LogP contribution is 2.29. The zero-order valence-electron chi connectivity index (χ0n) is 16.4. The van der Waals surface area contributed by atoms with Gasteiger partial charge in [0, 0.05) is 31.3 Å². The standard InChI is InChI=1S/C19H20N4O5S/c1-22-17-16(18(25)23(2)19(22)26)14(7-8-20-17)29-10-15(24)21-12-9-11(27-3)5-6-13(12)28-4/h5-9H,10H2,1-4H3,(H,21,24). The molecule has 0 aliphatic carbocycles. The van der Waals surface area contributed by atoms with Gasteiger partial charge in [-0.1, -0.05) is 0 Å². The molecule has 0 radical (unpaired) electrons. The van der Waals surface area contributed by atoms with Crippen LogP contribution in [0.2, 0.25) is 0 Å². The van der Waals surface area contributed by atoms with Crippen LogP contribution in [-0.2, 0) is 18.9 Å². The van der Waals surface area contributed by atoms with Gasteiger partial charge in [0.05, 0.1) is 31.0 Å². The van der Waals surface area contributed by atoms with Gasteiger partial charge in [-0.25, -0.2) is 9.78 Å². The van der Waals surface area contributed by atoms with Gasteiger partial charge < -0.3 is 14.8 Å². The van der Waals surface area contributed by atoms with Crippen LogP contribution < -0.4 is 26.0 Å². The number of amides is 1. The fourth-order valence-corrected chi connectivity index (χ4v) is 3.66. The number of rotatable bonds is 6. The predicted molar refractivity (Wildman–Crippen MR) is 111 cm³/mol. The average Bonchev–Trinajstić information content (AvgIpc) is 2.74. The number of hydrogen-bond acceptors (Lipinski definition) is 7. The molecule has 0 saturated carbocycles. The molecular formula is C19H20N4O5S. The number of anilines is 1. The lowest BCUT2D eigenvalue weighted by Crippen LogP contribution is -2.37. The van der Waals surface area contributed by atoms with Gasteiger partial charge in [0.15, 0.2) is 0 Å². The number of benzene rings is 1. The Labute approximate surface area is 170 Å². The molecule has 0 aliphatic rings. The zero-order chi connectivity index (χ0) is 21.1. The summed E-state index contributed by atoms with van der Waals surface area (Å²) in [6.45, 7) is 0. The SMILES string of the molecule is COc1ccc(OC)c(NC(=O)CSc2ccnc3c2c(=O)n(C)c(=O)n3C)c1. The van der Waals surface area contributed by atoms with Gasteiger partial charge in [-0.15, -0.1) is 11.8 Å². The summed E-state index contributed by atoms with van der Waals surface area (Å²) in [4.78, 5) is 41.9. The minimum atomic E-state index is -0.458. The van der Waals surface area contributed by atoms with Crippen molar-refractivity contribution >= 4 is 34.4 Å². The molecule has 1 aromatic carbocycles. The van der Waals surface area contributed by atoms with Crippen LogP contribution in [-0.4, -0.2) is 40.0 Å². The molecule has 0 bridgehead atoms. The molecule has 9 nitrogen and oxygen atoms in total. The molecule has 2 heterocycles. The maximum absolute atomic E-state index is 12.6. The molecule has 0 aliphatic heterocycles. The number of nitrogens with one attached hydrogen (secondary N) is 1. The summed E-state index contributed by atoms with van der Waals surface area (Å²) in [5.41, 5.74) is -0.151. The van der Waals surface area contributed by atoms with Gasteiger partial charge in [-0.3, -0.25) is 18.7 Å². The normalized spacial score (nSPS) is 10.8. The summed E-state index contributed by atoms with van der Waals surface area (Å²) >= 11 is 1.19. The molecule has 0 atom stereocenters. The second-order valence-electron chi connectivity index (χ2n) is 6.12. The Hall–Kier alpha value is -3.27. The fourth-order valence-electron chi connectivity index (χ4n) is 2.82. The van der Waals surface area contributed by atoms with Crippen LogP contribution in [0, 0.1) is 0 Å². The highest BCUT2D eigenvalue weighted by molar-refractivity contribution is 8.00. The van der Waals surface area contributed by atoms with E-state index in [-0.39, 0.29) is 17.3 Å². The number of ether oxygens (including phenoxy) is 2. The lowest BCUT2D eigenvalue weighted by molar-refractivity contribution is -0.113. The second-order valence-corrected chi connectivity index (χ2v) is 7.13. The molecule has 3 aromatic rings. The molecule has 0 unspecified atom stereocenters. The van der Waals surface area contributed by atoms with Crippen molar-refractivity contribution < 1.29 is 14.3 Å². The van der Waals surface area contributed by atoms with Gasteiger partial charge in [-0.05, 0) is 18.2 Å². The average molecular weight is 416 g/mol. The number of aryl methyl sites for hydroxylation is 1. The summed E-state index contributed by atoms with van der Waals surface area (Å²) in [6, 6.07) is 6.74. The number of fused-ring (bicyclic) bond motifs is 1. The lowest BCUT2D eigenvalue weighted by atomic mass is 10.2. The largest absolute Gasteiger partial charge is 0.497 e. The van der Waals surface area contributed by atoms with E-state index in [1.807, 2.05) is 0 Å². The van der Waals surface area contributed by atoms with Gasteiger partial charge in [0.1, 0.15) is 17.1 Å². The lowest BCUT2D eigenvalue weighted by Gasteiger charge is -2.12. The molecule has 152 valence electrons. The first kappa shape index (κ1) is 20.5. The first-order chi connectivity index (χ1) is 13.9. The van der Waals surface area contributed by atoms with Crippen LogP contribution in [0.15, 0.2) is 44.9 Å². The minimum Gasteiger partial charge on any atom is -0.497 e. The van der Waals surface area contributed by atoms with E-state index in [0.29, 0.717) is 27.5 Å². The summed E-state index contributed by atoms with van der Waals surface area (Å²) in [6.07, 6.45) is 1.51. The van der Waals surface area contributed by atoms with Crippen LogP contribution in [0.4, 0.5) is 5.69 Å². The second kappa shape index (κ2) is 8.39. The number of pyridine rings is 1. The van der Waals surface area contributed by atoms with E-state index in [0.717, 1.165) is 4.57 Å². The molecule has 1 N–H and O–H groups in total. The minimum absolute atomic E-state index is 0.0471. The smallest absolute Gasteiger partial charge is 0.332 e. The van der Waals surface area contributed by atoms with Crippen molar-refractivity contribution in [2.45, 2.75) is 4.90 Å². The Morgan fingerprint density at radius 1 is 1.14 bits per heavy atom. The number of carbonyl (C=O) groups is 1. The van der Waals surface area contributed by atoms with Gasteiger partial charge >= 0.3 is 5.69 Å². The fraction of sp³-hybridized carbons (Fsp3) is 0.263. The molecule has 0 spiro atoms. The van der Waals surface area contributed by atoms with Crippen molar-refractivity contribution in [3.63, 3.8) is 0 Å². The van der Waals surface area contributed by atoms with E-state index in [1.165, 1.54) is 43.8 Å².